The summed E-state index contributed by atoms with van der Waals surface area (Å²) in [6.07, 6.45) is -5.03. The molecule has 4 aromatic carbocycles. The van der Waals surface area contributed by atoms with Crippen molar-refractivity contribution < 1.29 is 84.1 Å². The number of carbonyl (C=O) groups excluding carboxylic acids is 3. The highest BCUT2D eigenvalue weighted by molar-refractivity contribution is 5.94. The number of hydrogen-bond donors (Lipinski definition) is 9. The van der Waals surface area contributed by atoms with Gasteiger partial charge in [-0.15, -0.1) is 0 Å². The zero-order chi connectivity index (χ0) is 39.4. The van der Waals surface area contributed by atoms with E-state index in [1.165, 1.54) is 24.3 Å². The van der Waals surface area contributed by atoms with Crippen molar-refractivity contribution in [3.05, 3.63) is 100 Å². The van der Waals surface area contributed by atoms with Crippen LogP contribution >= 0.6 is 0 Å². The smallest absolute Gasteiger partial charge is 0.374 e. The van der Waals surface area contributed by atoms with Crippen LogP contribution in [0.3, 0.4) is 0 Å². The van der Waals surface area contributed by atoms with Gasteiger partial charge >= 0.3 is 23.9 Å². The van der Waals surface area contributed by atoms with Gasteiger partial charge in [0.1, 0.15) is 12.0 Å². The molecule has 0 saturated heterocycles. The number of aliphatic hydroxyl groups excluding tert-OH is 1. The third kappa shape index (κ3) is 8.09. The minimum atomic E-state index is -1.88. The van der Waals surface area contributed by atoms with Gasteiger partial charge in [0, 0.05) is 18.4 Å². The Balaban J connectivity index is 1.52. The van der Waals surface area contributed by atoms with E-state index in [1.54, 1.807) is 0 Å². The highest BCUT2D eigenvalue weighted by atomic mass is 16.6. The molecule has 4 aromatic rings. The maximum Gasteiger partial charge on any atom is 0.374 e. The summed E-state index contributed by atoms with van der Waals surface area (Å²) in [4.78, 5) is 51.9. The lowest BCUT2D eigenvalue weighted by atomic mass is 9.87. The Kier molecular flexibility index (Phi) is 10.9. The summed E-state index contributed by atoms with van der Waals surface area (Å²) >= 11 is 0. The number of benzene rings is 4. The molecule has 0 aliphatic carbocycles. The fourth-order valence-electron chi connectivity index (χ4n) is 5.65. The number of carbonyl (C=O) groups is 4. The number of aliphatic carboxylic acids is 1. The van der Waals surface area contributed by atoms with E-state index in [-0.39, 0.29) is 40.0 Å². The molecule has 0 radical (unpaired) electrons. The maximum absolute atomic E-state index is 14.1. The molecule has 4 atom stereocenters. The number of hydrogen-bond acceptors (Lipinski definition) is 16. The van der Waals surface area contributed by atoms with Crippen molar-refractivity contribution in [1.82, 2.24) is 0 Å². The van der Waals surface area contributed by atoms with E-state index in [9.17, 15) is 65.1 Å². The summed E-state index contributed by atoms with van der Waals surface area (Å²) in [5.74, 6) is -12.2. The molecule has 17 nitrogen and oxygen atoms in total. The number of carboxylic acids is 1. The topological polar surface area (TPSA) is 287 Å². The Labute approximate surface area is 304 Å². The van der Waals surface area contributed by atoms with E-state index < -0.39 is 101 Å². The normalized spacial score (nSPS) is 16.0. The zero-order valence-corrected chi connectivity index (χ0v) is 27.9. The number of ether oxygens (including phenoxy) is 4. The van der Waals surface area contributed by atoms with Crippen LogP contribution in [0.25, 0.3) is 6.08 Å². The Hall–Kier alpha value is -7.30. The maximum atomic E-state index is 14.1. The highest BCUT2D eigenvalue weighted by Gasteiger charge is 2.46. The predicted molar refractivity (Wildman–Crippen MR) is 181 cm³/mol. The van der Waals surface area contributed by atoms with E-state index in [0.717, 1.165) is 55.7 Å². The Morgan fingerprint density at radius 2 is 1.22 bits per heavy atom. The molecule has 1 heterocycles. The molecule has 0 amide bonds. The van der Waals surface area contributed by atoms with Gasteiger partial charge < -0.3 is 64.9 Å². The van der Waals surface area contributed by atoms with Crippen LogP contribution in [-0.2, 0) is 46.2 Å². The Morgan fingerprint density at radius 1 is 0.685 bits per heavy atom. The van der Waals surface area contributed by atoms with E-state index in [0.29, 0.717) is 0 Å². The summed E-state index contributed by atoms with van der Waals surface area (Å²) in [6, 6.07) is 12.7. The molecule has 0 bridgehead atoms. The summed E-state index contributed by atoms with van der Waals surface area (Å²) in [6.45, 7) is 0. The minimum absolute atomic E-state index is 0.0593. The van der Waals surface area contributed by atoms with Crippen molar-refractivity contribution in [3.8, 4) is 46.0 Å². The second-order valence-corrected chi connectivity index (χ2v) is 11.9. The predicted octanol–water partition coefficient (Wildman–Crippen LogP) is 3.31. The lowest BCUT2D eigenvalue weighted by molar-refractivity contribution is -0.167. The van der Waals surface area contributed by atoms with Crippen LogP contribution in [0.2, 0.25) is 0 Å². The van der Waals surface area contributed by atoms with Crippen LogP contribution in [-0.4, -0.2) is 89.2 Å². The van der Waals surface area contributed by atoms with Gasteiger partial charge in [0.15, 0.2) is 46.0 Å². The molecule has 282 valence electrons. The second-order valence-electron chi connectivity index (χ2n) is 11.9. The molecule has 0 aromatic heterocycles. The van der Waals surface area contributed by atoms with Crippen molar-refractivity contribution in [2.75, 3.05) is 7.11 Å². The van der Waals surface area contributed by atoms with Crippen molar-refractivity contribution in [2.24, 2.45) is 0 Å². The summed E-state index contributed by atoms with van der Waals surface area (Å²) in [5, 5.41) is 90.4. The number of esters is 3. The first kappa shape index (κ1) is 37.9. The molecule has 0 saturated carbocycles. The van der Waals surface area contributed by atoms with Crippen molar-refractivity contribution in [3.63, 3.8) is 0 Å². The average molecular weight is 749 g/mol. The van der Waals surface area contributed by atoms with Crippen molar-refractivity contribution >= 4 is 30.0 Å². The van der Waals surface area contributed by atoms with E-state index >= 15 is 0 Å². The lowest BCUT2D eigenvalue weighted by Crippen LogP contribution is -2.33. The van der Waals surface area contributed by atoms with Crippen LogP contribution in [0, 0.1) is 0 Å². The molecule has 0 fully saturated rings. The largest absolute Gasteiger partial charge is 0.504 e. The Morgan fingerprint density at radius 3 is 1.76 bits per heavy atom. The van der Waals surface area contributed by atoms with E-state index in [1.807, 2.05) is 0 Å². The second kappa shape index (κ2) is 15.5. The monoisotopic (exact) mass is 748 g/mol. The minimum Gasteiger partial charge on any atom is -0.504 e. The summed E-state index contributed by atoms with van der Waals surface area (Å²) in [7, 11) is 1.03. The number of rotatable bonds is 12. The molecule has 17 heteroatoms. The molecule has 54 heavy (non-hydrogen) atoms. The van der Waals surface area contributed by atoms with Gasteiger partial charge in [-0.2, -0.15) is 0 Å². The van der Waals surface area contributed by atoms with Crippen LogP contribution in [0.15, 0.2) is 72.5 Å². The van der Waals surface area contributed by atoms with Crippen molar-refractivity contribution in [2.45, 2.75) is 37.1 Å². The number of phenols is 7. The van der Waals surface area contributed by atoms with Gasteiger partial charge in [-0.25, -0.2) is 14.4 Å². The molecular weight excluding hydrogens is 716 g/mol. The van der Waals surface area contributed by atoms with Crippen LogP contribution in [0.1, 0.15) is 39.8 Å². The third-order valence-electron chi connectivity index (χ3n) is 8.32. The molecular formula is C37H32O17. The van der Waals surface area contributed by atoms with Crippen LogP contribution in [0.4, 0.5) is 0 Å². The van der Waals surface area contributed by atoms with Crippen molar-refractivity contribution in [1.29, 1.82) is 0 Å². The third-order valence-corrected chi connectivity index (χ3v) is 8.32. The SMILES string of the molecule is COC(=O)[C@@H](Cc1ccc(O)c(O)c1)OC(=O)[C@H]1c2c(/C=C(\O)C(=O)O[C@H](Cc3ccc(O)c(O)c3)C(=O)O)ccc(O)c2O[C@@H]1c1ccc(O)c(O)c1. The Bertz CT molecular complexity index is 2160. The quantitative estimate of drug-likeness (QED) is 0.0330. The van der Waals surface area contributed by atoms with Gasteiger partial charge in [-0.05, 0) is 70.8 Å². The first-order chi connectivity index (χ1) is 25.6. The number of methoxy groups -OCH3 is 1. The fraction of sp³-hybridized carbons (Fsp3) is 0.189. The fourth-order valence-corrected chi connectivity index (χ4v) is 5.65. The summed E-state index contributed by atoms with van der Waals surface area (Å²) in [5.41, 5.74) is 0.102. The van der Waals surface area contributed by atoms with Gasteiger partial charge in [0.2, 0.25) is 18.0 Å². The molecule has 0 spiro atoms. The van der Waals surface area contributed by atoms with Gasteiger partial charge in [0.05, 0.1) is 7.11 Å². The molecule has 5 rings (SSSR count). The molecule has 1 aliphatic rings. The highest BCUT2D eigenvalue weighted by Crippen LogP contribution is 2.53. The number of carboxylic acid groups (broad SMARTS) is 1. The number of aliphatic hydroxyl groups is 1. The van der Waals surface area contributed by atoms with Crippen LogP contribution < -0.4 is 4.74 Å². The van der Waals surface area contributed by atoms with Gasteiger partial charge in [-0.1, -0.05) is 24.3 Å². The molecule has 1 aliphatic heterocycles. The molecule has 0 unspecified atom stereocenters. The standard InChI is InChI=1S/C37H32O17/c1-51-36(49)29(13-17-3-7-21(39)25(43)11-17)53-37(50)31-30-18(4-9-23(41)33(30)54-32(31)19-5-8-22(40)26(44)15-19)14-27(45)35(48)52-28(34(46)47)12-16-2-6-20(38)24(42)10-16/h2-11,14-15,28-29,31-32,38-45H,12-13H2,1H3,(H,46,47)/b27-14-/t28-,29-,31+,32-/m1/s1. The van der Waals surface area contributed by atoms with Gasteiger partial charge in [0.25, 0.3) is 0 Å². The summed E-state index contributed by atoms with van der Waals surface area (Å²) < 4.78 is 21.4. The van der Waals surface area contributed by atoms with Crippen LogP contribution in [0.5, 0.6) is 46.0 Å². The number of phenolic OH excluding ortho intramolecular Hbond substituents is 7. The lowest BCUT2D eigenvalue weighted by Gasteiger charge is -2.22. The van der Waals surface area contributed by atoms with Gasteiger partial charge in [-0.3, -0.25) is 4.79 Å². The number of aromatic hydroxyl groups is 7. The average Bonchev–Trinajstić information content (AvgIpc) is 3.54. The molecule has 9 N–H and O–H groups in total. The van der Waals surface area contributed by atoms with E-state index in [2.05, 4.69) is 0 Å². The zero-order valence-electron chi connectivity index (χ0n) is 27.9. The first-order valence-corrected chi connectivity index (χ1v) is 15.8. The van der Waals surface area contributed by atoms with E-state index in [4.69, 9.17) is 18.9 Å². The number of fused-ring (bicyclic) bond motifs is 1. The first-order valence-electron chi connectivity index (χ1n) is 15.8.